The smallest absolute Gasteiger partial charge is 0.326 e. The Morgan fingerprint density at radius 3 is 2.34 bits per heavy atom. The van der Waals surface area contributed by atoms with Crippen molar-refractivity contribution in [1.29, 1.82) is 0 Å². The van der Waals surface area contributed by atoms with Crippen molar-refractivity contribution in [2.24, 2.45) is 28.3 Å². The van der Waals surface area contributed by atoms with Crippen molar-refractivity contribution >= 4 is 29.7 Å². The minimum absolute atomic E-state index is 0.0391. The Morgan fingerprint density at radius 1 is 1.05 bits per heavy atom. The zero-order valence-electron chi connectivity index (χ0n) is 25.3. The van der Waals surface area contributed by atoms with Crippen LogP contribution in [0.2, 0.25) is 0 Å². The van der Waals surface area contributed by atoms with Crippen LogP contribution < -0.4 is 22.1 Å². The Morgan fingerprint density at radius 2 is 1.73 bits per heavy atom. The normalized spacial score (nSPS) is 23.2. The number of aliphatic carboxylic acids is 1. The topological polar surface area (TPSA) is 241 Å². The van der Waals surface area contributed by atoms with Gasteiger partial charge < -0.3 is 47.4 Å². The molecule has 1 saturated carbocycles. The van der Waals surface area contributed by atoms with Gasteiger partial charge >= 0.3 is 5.97 Å². The van der Waals surface area contributed by atoms with E-state index in [-0.39, 0.29) is 55.8 Å². The minimum atomic E-state index is -1.47. The summed E-state index contributed by atoms with van der Waals surface area (Å²) in [6, 6.07) is 2.26. The number of amides is 3. The fourth-order valence-corrected chi connectivity index (χ4v) is 6.10. The molecule has 1 aliphatic heterocycles. The lowest BCUT2D eigenvalue weighted by molar-refractivity contribution is -0.147. The first-order chi connectivity index (χ1) is 20.8. The molecule has 1 aliphatic carbocycles. The number of aliphatic hydroxyl groups excluding tert-OH is 2. The highest BCUT2D eigenvalue weighted by molar-refractivity contribution is 5.94. The third-order valence-electron chi connectivity index (χ3n) is 8.25. The first-order valence-electron chi connectivity index (χ1n) is 15.1. The third-order valence-corrected chi connectivity index (χ3v) is 8.25. The summed E-state index contributed by atoms with van der Waals surface area (Å²) in [5.74, 6) is -3.35. The fraction of sp³-hybridized carbons (Fsp3) is 0.633. The maximum atomic E-state index is 14.2. The molecule has 3 amide bonds. The molecule has 0 radical (unpaired) electrons. The standard InChI is InChI=1S/C30H46N6O8/c1-16(2)12-22(35-27(41)25(39)13-17-5-8-19(37)9-6-17)28(42)36-23-15-20(38)10-7-18(23)14-24(36)26(40)34-21(29(43)44)4-3-11-33-30(31)32/h5-6,8-9,16,18,20-25,37-39H,3-4,7,10-15H2,1-2H3,(H,34,40)(H,35,41)(H,43,44)(H4,31,32,33)/t18-,20+,21-,22+,23-,24-,25+/m0/s1. The lowest BCUT2D eigenvalue weighted by Crippen LogP contribution is -2.59. The maximum Gasteiger partial charge on any atom is 0.326 e. The number of phenols is 1. The quantitative estimate of drug-likeness (QED) is 0.0760. The Hall–Kier alpha value is -3.91. The van der Waals surface area contributed by atoms with E-state index in [1.807, 2.05) is 13.8 Å². The number of carboxylic acid groups (broad SMARTS) is 1. The van der Waals surface area contributed by atoms with E-state index in [9.17, 15) is 39.6 Å². The molecule has 3 rings (SSSR count). The first-order valence-corrected chi connectivity index (χ1v) is 15.1. The highest BCUT2D eigenvalue weighted by atomic mass is 16.4. The summed E-state index contributed by atoms with van der Waals surface area (Å²) in [4.78, 5) is 58.1. The van der Waals surface area contributed by atoms with E-state index >= 15 is 0 Å². The average molecular weight is 619 g/mol. The van der Waals surface area contributed by atoms with Crippen molar-refractivity contribution in [1.82, 2.24) is 15.5 Å². The number of guanidine groups is 1. The second-order valence-electron chi connectivity index (χ2n) is 12.2. The van der Waals surface area contributed by atoms with Gasteiger partial charge in [-0.1, -0.05) is 26.0 Å². The molecule has 2 fully saturated rings. The third kappa shape index (κ3) is 9.55. The lowest BCUT2D eigenvalue weighted by atomic mass is 9.83. The van der Waals surface area contributed by atoms with Gasteiger partial charge in [-0.25, -0.2) is 4.79 Å². The first kappa shape index (κ1) is 34.6. The Balaban J connectivity index is 1.80. The Kier molecular flexibility index (Phi) is 12.3. The number of phenolic OH excluding ortho intramolecular Hbond substituents is 1. The molecule has 1 aromatic carbocycles. The van der Waals surface area contributed by atoms with Gasteiger partial charge in [0, 0.05) is 19.0 Å². The van der Waals surface area contributed by atoms with Gasteiger partial charge in [0.05, 0.1) is 6.10 Å². The summed E-state index contributed by atoms with van der Waals surface area (Å²) in [5.41, 5.74) is 11.3. The molecule has 0 spiro atoms. The number of carbonyl (C=O) groups excluding carboxylic acids is 3. The van der Waals surface area contributed by atoms with E-state index in [2.05, 4.69) is 15.6 Å². The summed E-state index contributed by atoms with van der Waals surface area (Å²) < 4.78 is 0. The zero-order valence-corrected chi connectivity index (χ0v) is 25.3. The van der Waals surface area contributed by atoms with Crippen LogP contribution in [0.5, 0.6) is 5.75 Å². The molecule has 2 aliphatic rings. The predicted octanol–water partition coefficient (Wildman–Crippen LogP) is -0.420. The van der Waals surface area contributed by atoms with Gasteiger partial charge in [0.1, 0.15) is 30.0 Å². The number of benzene rings is 1. The van der Waals surface area contributed by atoms with E-state index in [0.29, 0.717) is 31.2 Å². The number of aliphatic hydroxyl groups is 2. The number of carboxylic acids is 1. The zero-order chi connectivity index (χ0) is 32.6. The van der Waals surface area contributed by atoms with Crippen LogP contribution in [0.1, 0.15) is 64.4 Å². The number of fused-ring (bicyclic) bond motifs is 1. The van der Waals surface area contributed by atoms with Gasteiger partial charge in [-0.3, -0.25) is 19.4 Å². The molecular weight excluding hydrogens is 572 g/mol. The lowest BCUT2D eigenvalue weighted by Gasteiger charge is -2.38. The molecule has 14 nitrogen and oxygen atoms in total. The van der Waals surface area contributed by atoms with Crippen LogP contribution in [0.15, 0.2) is 29.3 Å². The number of hydrogen-bond acceptors (Lipinski definition) is 8. The Bertz CT molecular complexity index is 1190. The highest BCUT2D eigenvalue weighted by Crippen LogP contribution is 2.40. The van der Waals surface area contributed by atoms with Crippen molar-refractivity contribution in [3.8, 4) is 5.75 Å². The molecule has 1 heterocycles. The second-order valence-corrected chi connectivity index (χ2v) is 12.2. The van der Waals surface area contributed by atoms with Gasteiger partial charge in [0.2, 0.25) is 17.7 Å². The number of nitrogens with zero attached hydrogens (tertiary/aromatic N) is 2. The number of hydrogen-bond donors (Lipinski definition) is 8. The number of carbonyl (C=O) groups is 4. The predicted molar refractivity (Wildman–Crippen MR) is 161 cm³/mol. The average Bonchev–Trinajstić information content (AvgIpc) is 3.33. The van der Waals surface area contributed by atoms with E-state index in [4.69, 9.17) is 11.5 Å². The molecule has 244 valence electrons. The van der Waals surface area contributed by atoms with Gasteiger partial charge in [-0.15, -0.1) is 0 Å². The monoisotopic (exact) mass is 618 g/mol. The van der Waals surface area contributed by atoms with Crippen LogP contribution in [0.3, 0.4) is 0 Å². The minimum Gasteiger partial charge on any atom is -0.508 e. The number of nitrogens with two attached hydrogens (primary N) is 2. The molecule has 10 N–H and O–H groups in total. The molecule has 7 atom stereocenters. The maximum absolute atomic E-state index is 14.2. The van der Waals surface area contributed by atoms with Crippen molar-refractivity contribution in [2.75, 3.05) is 6.54 Å². The number of aliphatic imine (C=N–C) groups is 1. The van der Waals surface area contributed by atoms with E-state index in [1.165, 1.54) is 17.0 Å². The van der Waals surface area contributed by atoms with E-state index in [0.717, 1.165) is 0 Å². The van der Waals surface area contributed by atoms with Crippen LogP contribution in [-0.4, -0.2) is 97.9 Å². The summed E-state index contributed by atoms with van der Waals surface area (Å²) in [6.07, 6.45) is 0.0739. The molecule has 1 aromatic rings. The molecule has 0 bridgehead atoms. The number of aromatic hydroxyl groups is 1. The van der Waals surface area contributed by atoms with Gasteiger partial charge in [0.15, 0.2) is 5.96 Å². The molecule has 14 heteroatoms. The SMILES string of the molecule is CC(C)C[C@@H](NC(=O)[C@H](O)Cc1ccc(O)cc1)C(=O)N1[C@H](C(=O)N[C@@H](CCCN=C(N)N)C(=O)O)C[C@@H]2CC[C@@H](O)C[C@@H]21. The molecule has 1 saturated heterocycles. The van der Waals surface area contributed by atoms with Crippen molar-refractivity contribution in [3.05, 3.63) is 29.8 Å². The largest absolute Gasteiger partial charge is 0.508 e. The second kappa shape index (κ2) is 15.7. The molecule has 44 heavy (non-hydrogen) atoms. The number of rotatable bonds is 14. The Labute approximate surface area is 256 Å². The molecule has 0 aromatic heterocycles. The summed E-state index contributed by atoms with van der Waals surface area (Å²) in [5, 5.41) is 45.6. The summed E-state index contributed by atoms with van der Waals surface area (Å²) in [6.45, 7) is 3.94. The van der Waals surface area contributed by atoms with Crippen LogP contribution in [-0.2, 0) is 25.6 Å². The van der Waals surface area contributed by atoms with Gasteiger partial charge in [-0.2, -0.15) is 0 Å². The van der Waals surface area contributed by atoms with Crippen molar-refractivity contribution in [2.45, 2.75) is 102 Å². The summed E-state index contributed by atoms with van der Waals surface area (Å²) >= 11 is 0. The van der Waals surface area contributed by atoms with E-state index < -0.39 is 60.1 Å². The fourth-order valence-electron chi connectivity index (χ4n) is 6.10. The highest BCUT2D eigenvalue weighted by Gasteiger charge is 2.50. The van der Waals surface area contributed by atoms with E-state index in [1.54, 1.807) is 12.1 Å². The van der Waals surface area contributed by atoms with Crippen LogP contribution >= 0.6 is 0 Å². The molecular formula is C30H46N6O8. The van der Waals surface area contributed by atoms with Gasteiger partial charge in [0.25, 0.3) is 0 Å². The van der Waals surface area contributed by atoms with Crippen molar-refractivity contribution in [3.63, 3.8) is 0 Å². The van der Waals surface area contributed by atoms with Crippen molar-refractivity contribution < 1.29 is 39.6 Å². The number of nitrogens with one attached hydrogen (secondary N) is 2. The van der Waals surface area contributed by atoms with Gasteiger partial charge in [-0.05, 0) is 74.5 Å². The molecule has 0 unspecified atom stereocenters. The van der Waals surface area contributed by atoms with Crippen LogP contribution in [0.4, 0.5) is 0 Å². The van der Waals surface area contributed by atoms with Crippen LogP contribution in [0.25, 0.3) is 0 Å². The van der Waals surface area contributed by atoms with Crippen LogP contribution in [0, 0.1) is 11.8 Å². The summed E-state index contributed by atoms with van der Waals surface area (Å²) in [7, 11) is 0. The number of likely N-dealkylation sites (tertiary alicyclic amines) is 1.